The van der Waals surface area contributed by atoms with Crippen molar-refractivity contribution < 1.29 is 0 Å². The Balaban J connectivity index is 0.000000198. The molecule has 0 spiro atoms. The number of halogens is 3. The molecule has 0 saturated heterocycles. The Bertz CT molecular complexity index is 838. The molecule has 0 atom stereocenters. The van der Waals surface area contributed by atoms with Crippen LogP contribution in [0.15, 0.2) is 50.5 Å². The molecule has 0 saturated carbocycles. The molecule has 3 rings (SSSR count). The third kappa shape index (κ3) is 5.32. The highest BCUT2D eigenvalue weighted by Gasteiger charge is 2.02. The minimum Gasteiger partial charge on any atom is -0.368 e. The molecule has 24 heavy (non-hydrogen) atoms. The fourth-order valence-electron chi connectivity index (χ4n) is 1.67. The highest BCUT2D eigenvalue weighted by atomic mass is 79.9. The van der Waals surface area contributed by atoms with E-state index in [-0.39, 0.29) is 5.95 Å². The summed E-state index contributed by atoms with van der Waals surface area (Å²) in [6, 6.07) is 3.93. The summed E-state index contributed by atoms with van der Waals surface area (Å²) < 4.78 is 2.91. The van der Waals surface area contributed by atoms with Gasteiger partial charge in [-0.05, 0) is 84.9 Å². The van der Waals surface area contributed by atoms with Crippen LogP contribution in [0.1, 0.15) is 11.1 Å². The molecule has 3 heterocycles. The van der Waals surface area contributed by atoms with Crippen molar-refractivity contribution >= 4 is 53.7 Å². The number of anilines is 1. The van der Waals surface area contributed by atoms with Crippen LogP contribution in [-0.2, 0) is 0 Å². The Morgan fingerprint density at radius 3 is 1.79 bits per heavy atom. The van der Waals surface area contributed by atoms with Gasteiger partial charge in [-0.2, -0.15) is 0 Å². The summed E-state index contributed by atoms with van der Waals surface area (Å²) in [4.78, 5) is 16.1. The third-order valence-corrected chi connectivity index (χ3v) is 5.12. The van der Waals surface area contributed by atoms with Crippen LogP contribution in [0.4, 0.5) is 5.95 Å². The van der Waals surface area contributed by atoms with Gasteiger partial charge in [0, 0.05) is 39.3 Å². The van der Waals surface area contributed by atoms with E-state index in [9.17, 15) is 0 Å². The number of nitrogens with zero attached hydrogens (tertiary/aromatic N) is 4. The molecule has 0 radical (unpaired) electrons. The molecule has 3 aromatic rings. The molecule has 2 N–H and O–H groups in total. The van der Waals surface area contributed by atoms with Gasteiger partial charge in [0.1, 0.15) is 4.60 Å². The summed E-state index contributed by atoms with van der Waals surface area (Å²) in [7, 11) is 0. The van der Waals surface area contributed by atoms with Crippen LogP contribution in [0.2, 0.25) is 0 Å². The maximum absolute atomic E-state index is 5.41. The van der Waals surface area contributed by atoms with Crippen molar-refractivity contribution in [1.29, 1.82) is 0 Å². The molecule has 5 nitrogen and oxygen atoms in total. The SMILES string of the molecule is Cc1cc(-c2cnc(N)nc2)ncc1Br.Cc1cc(Br)ncc1Br. The molecule has 3 aromatic heterocycles. The predicted molar refractivity (Wildman–Crippen MR) is 106 cm³/mol. The van der Waals surface area contributed by atoms with Gasteiger partial charge in [0.15, 0.2) is 0 Å². The maximum atomic E-state index is 5.41. The Morgan fingerprint density at radius 1 is 0.750 bits per heavy atom. The average Bonchev–Trinajstić information content (AvgIpc) is 2.55. The van der Waals surface area contributed by atoms with E-state index in [0.29, 0.717) is 0 Å². The first kappa shape index (κ1) is 19.0. The number of hydrogen-bond acceptors (Lipinski definition) is 5. The van der Waals surface area contributed by atoms with E-state index in [1.165, 1.54) is 5.56 Å². The first-order valence-corrected chi connectivity index (χ1v) is 9.22. The third-order valence-electron chi connectivity index (χ3n) is 3.03. The van der Waals surface area contributed by atoms with Crippen LogP contribution in [0.25, 0.3) is 11.3 Å². The molecule has 0 unspecified atom stereocenters. The van der Waals surface area contributed by atoms with Gasteiger partial charge in [-0.25, -0.2) is 15.0 Å². The molecule has 0 aliphatic heterocycles. The number of rotatable bonds is 1. The summed E-state index contributed by atoms with van der Waals surface area (Å²) in [6.45, 7) is 4.03. The quantitative estimate of drug-likeness (QED) is 0.456. The van der Waals surface area contributed by atoms with E-state index in [0.717, 1.165) is 30.4 Å². The highest BCUT2D eigenvalue weighted by molar-refractivity contribution is 9.11. The second-order valence-electron chi connectivity index (χ2n) is 4.90. The van der Waals surface area contributed by atoms with Gasteiger partial charge in [-0.3, -0.25) is 4.98 Å². The van der Waals surface area contributed by atoms with E-state index in [4.69, 9.17) is 5.73 Å². The van der Waals surface area contributed by atoms with Crippen molar-refractivity contribution in [3.8, 4) is 11.3 Å². The van der Waals surface area contributed by atoms with Crippen molar-refractivity contribution in [2.24, 2.45) is 0 Å². The minimum atomic E-state index is 0.271. The number of nitrogens with two attached hydrogens (primary N) is 1. The van der Waals surface area contributed by atoms with Gasteiger partial charge in [0.25, 0.3) is 0 Å². The lowest BCUT2D eigenvalue weighted by atomic mass is 10.2. The second kappa shape index (κ2) is 8.64. The van der Waals surface area contributed by atoms with Gasteiger partial charge >= 0.3 is 0 Å². The summed E-state index contributed by atoms with van der Waals surface area (Å²) in [5.41, 5.74) is 9.43. The van der Waals surface area contributed by atoms with E-state index in [1.54, 1.807) is 24.8 Å². The van der Waals surface area contributed by atoms with Crippen molar-refractivity contribution in [3.63, 3.8) is 0 Å². The molecule has 0 aromatic carbocycles. The zero-order valence-electron chi connectivity index (χ0n) is 13.0. The maximum Gasteiger partial charge on any atom is 0.219 e. The van der Waals surface area contributed by atoms with E-state index >= 15 is 0 Å². The van der Waals surface area contributed by atoms with Crippen LogP contribution < -0.4 is 5.73 Å². The van der Waals surface area contributed by atoms with Crippen molar-refractivity contribution in [2.75, 3.05) is 5.73 Å². The summed E-state index contributed by atoms with van der Waals surface area (Å²) in [5.74, 6) is 0.271. The fourth-order valence-corrected chi connectivity index (χ4v) is 2.55. The number of nitrogen functional groups attached to an aromatic ring is 1. The molecule has 124 valence electrons. The van der Waals surface area contributed by atoms with E-state index in [2.05, 4.69) is 67.7 Å². The minimum absolute atomic E-state index is 0.271. The molecule has 0 bridgehead atoms. The number of hydrogen-bond donors (Lipinski definition) is 1. The topological polar surface area (TPSA) is 77.6 Å². The Labute approximate surface area is 165 Å². The van der Waals surface area contributed by atoms with Crippen LogP contribution in [0.3, 0.4) is 0 Å². The predicted octanol–water partition coefficient (Wildman–Crippen LogP) is 5.11. The summed E-state index contributed by atoms with van der Waals surface area (Å²) in [5, 5.41) is 0. The Morgan fingerprint density at radius 2 is 1.29 bits per heavy atom. The number of aryl methyl sites for hydroxylation is 2. The van der Waals surface area contributed by atoms with E-state index < -0.39 is 0 Å². The van der Waals surface area contributed by atoms with Gasteiger partial charge in [-0.1, -0.05) is 0 Å². The lowest BCUT2D eigenvalue weighted by Gasteiger charge is -2.02. The van der Waals surface area contributed by atoms with Gasteiger partial charge < -0.3 is 5.73 Å². The zero-order chi connectivity index (χ0) is 17.7. The van der Waals surface area contributed by atoms with Crippen LogP contribution in [0, 0.1) is 13.8 Å². The number of aromatic nitrogens is 4. The Kier molecular flexibility index (Phi) is 6.82. The van der Waals surface area contributed by atoms with Crippen molar-refractivity contribution in [3.05, 3.63) is 61.6 Å². The van der Waals surface area contributed by atoms with Crippen molar-refractivity contribution in [2.45, 2.75) is 13.8 Å². The van der Waals surface area contributed by atoms with E-state index in [1.807, 2.05) is 26.0 Å². The first-order valence-electron chi connectivity index (χ1n) is 6.84. The Hall–Kier alpha value is -1.38. The molecule has 8 heteroatoms. The first-order chi connectivity index (χ1) is 11.4. The average molecular weight is 516 g/mol. The molecule has 0 fully saturated rings. The van der Waals surface area contributed by atoms with Gasteiger partial charge in [0.05, 0.1) is 5.69 Å². The highest BCUT2D eigenvalue weighted by Crippen LogP contribution is 2.21. The molecular weight excluding hydrogens is 502 g/mol. The standard InChI is InChI=1S/C10H9BrN4.C6H5Br2N/c1-6-2-9(13-5-8(6)11)7-3-14-10(12)15-4-7;1-4-2-6(8)9-3-5(4)7/h2-5H,1H3,(H2,12,14,15);2-3H,1H3. The normalized spacial score (nSPS) is 10.0. The molecule has 0 aliphatic rings. The van der Waals surface area contributed by atoms with Crippen molar-refractivity contribution in [1.82, 2.24) is 19.9 Å². The lowest BCUT2D eigenvalue weighted by Crippen LogP contribution is -1.94. The lowest BCUT2D eigenvalue weighted by molar-refractivity contribution is 1.17. The summed E-state index contributed by atoms with van der Waals surface area (Å²) in [6.07, 6.45) is 6.87. The fraction of sp³-hybridized carbons (Fsp3) is 0.125. The van der Waals surface area contributed by atoms with Gasteiger partial charge in [-0.15, -0.1) is 0 Å². The molecular formula is C16H14Br3N5. The van der Waals surface area contributed by atoms with Crippen LogP contribution >= 0.6 is 47.8 Å². The molecule has 0 aliphatic carbocycles. The van der Waals surface area contributed by atoms with Crippen LogP contribution in [0.5, 0.6) is 0 Å². The number of pyridine rings is 2. The largest absolute Gasteiger partial charge is 0.368 e. The monoisotopic (exact) mass is 513 g/mol. The van der Waals surface area contributed by atoms with Crippen LogP contribution in [-0.4, -0.2) is 19.9 Å². The molecule has 0 amide bonds. The smallest absolute Gasteiger partial charge is 0.219 e. The zero-order valence-corrected chi connectivity index (χ0v) is 17.7. The van der Waals surface area contributed by atoms with Gasteiger partial charge in [0.2, 0.25) is 5.95 Å². The second-order valence-corrected chi connectivity index (χ2v) is 7.43. The summed E-state index contributed by atoms with van der Waals surface area (Å²) >= 11 is 10.0.